The van der Waals surface area contributed by atoms with Crippen LogP contribution in [0.1, 0.15) is 11.3 Å². The summed E-state index contributed by atoms with van der Waals surface area (Å²) >= 11 is 5.48. The van der Waals surface area contributed by atoms with E-state index < -0.39 is 22.7 Å². The number of halogens is 4. The Hall–Kier alpha value is -2.02. The summed E-state index contributed by atoms with van der Waals surface area (Å²) in [5.74, 6) is -0.505. The van der Waals surface area contributed by atoms with E-state index >= 15 is 0 Å². The van der Waals surface area contributed by atoms with Gasteiger partial charge in [-0.2, -0.15) is 13.2 Å². The van der Waals surface area contributed by atoms with Gasteiger partial charge in [-0.3, -0.25) is 4.79 Å². The molecule has 0 radical (unpaired) electrons. The van der Waals surface area contributed by atoms with E-state index in [4.69, 9.17) is 11.6 Å². The Morgan fingerprint density at radius 3 is 2.75 bits per heavy atom. The van der Waals surface area contributed by atoms with Crippen LogP contribution in [-0.4, -0.2) is 10.9 Å². The minimum atomic E-state index is -4.58. The van der Waals surface area contributed by atoms with Crippen molar-refractivity contribution >= 4 is 23.2 Å². The van der Waals surface area contributed by atoms with Gasteiger partial charge in [-0.05, 0) is 18.2 Å². The van der Waals surface area contributed by atoms with Gasteiger partial charge in [0.1, 0.15) is 6.26 Å². The number of aromatic nitrogens is 1. The molecule has 8 heteroatoms. The molecule has 0 unspecified atom stereocenters. The third kappa shape index (κ3) is 3.51. The van der Waals surface area contributed by atoms with E-state index in [1.165, 1.54) is 12.3 Å². The molecule has 1 heterocycles. The Kier molecular flexibility index (Phi) is 3.99. The average Bonchev–Trinajstić information content (AvgIpc) is 2.83. The number of alkyl halides is 3. The van der Waals surface area contributed by atoms with Crippen LogP contribution in [0, 0.1) is 0 Å². The number of hydrogen-bond donors (Lipinski definition) is 1. The summed E-state index contributed by atoms with van der Waals surface area (Å²) in [5, 5.41) is 1.92. The Morgan fingerprint density at radius 1 is 1.40 bits per heavy atom. The van der Waals surface area contributed by atoms with E-state index in [-0.39, 0.29) is 12.1 Å². The van der Waals surface area contributed by atoms with E-state index in [0.29, 0.717) is 5.69 Å². The molecule has 106 valence electrons. The maximum atomic E-state index is 12.7. The van der Waals surface area contributed by atoms with Crippen molar-refractivity contribution in [1.29, 1.82) is 0 Å². The van der Waals surface area contributed by atoms with Crippen LogP contribution in [0.3, 0.4) is 0 Å². The Labute approximate surface area is 116 Å². The van der Waals surface area contributed by atoms with Gasteiger partial charge >= 0.3 is 6.18 Å². The van der Waals surface area contributed by atoms with Gasteiger partial charge in [0.05, 0.1) is 22.7 Å². The van der Waals surface area contributed by atoms with Crippen LogP contribution in [-0.2, 0) is 17.4 Å². The largest absolute Gasteiger partial charge is 0.451 e. The fourth-order valence-electron chi connectivity index (χ4n) is 1.51. The third-order valence-corrected chi connectivity index (χ3v) is 2.71. The van der Waals surface area contributed by atoms with Gasteiger partial charge in [-0.25, -0.2) is 4.98 Å². The second-order valence-electron chi connectivity index (χ2n) is 3.90. The van der Waals surface area contributed by atoms with Gasteiger partial charge < -0.3 is 9.73 Å². The van der Waals surface area contributed by atoms with Crippen LogP contribution in [0.15, 0.2) is 35.3 Å². The van der Waals surface area contributed by atoms with Crippen molar-refractivity contribution in [2.45, 2.75) is 12.6 Å². The number of carbonyl (C=O) groups is 1. The summed E-state index contributed by atoms with van der Waals surface area (Å²) in [6.07, 6.45) is -2.24. The Bertz CT molecular complexity index is 612. The number of rotatable bonds is 3. The lowest BCUT2D eigenvalue weighted by Gasteiger charge is -2.11. The molecule has 1 aromatic carbocycles. The van der Waals surface area contributed by atoms with Gasteiger partial charge in [0, 0.05) is 5.69 Å². The van der Waals surface area contributed by atoms with Gasteiger partial charge in [-0.15, -0.1) is 0 Å². The number of benzene rings is 1. The topological polar surface area (TPSA) is 55.1 Å². The summed E-state index contributed by atoms with van der Waals surface area (Å²) in [6, 6.07) is 3.15. The van der Waals surface area contributed by atoms with Crippen LogP contribution in [0.25, 0.3) is 0 Å². The number of nitrogens with zero attached hydrogens (tertiary/aromatic N) is 1. The smallest absolute Gasteiger partial charge is 0.417 e. The SMILES string of the molecule is O=C(Cc1cocn1)Nc1ccc(Cl)c(C(F)(F)F)c1. The van der Waals surface area contributed by atoms with E-state index in [9.17, 15) is 18.0 Å². The lowest BCUT2D eigenvalue weighted by Crippen LogP contribution is -2.15. The van der Waals surface area contributed by atoms with Crippen molar-refractivity contribution in [3.8, 4) is 0 Å². The fourth-order valence-corrected chi connectivity index (χ4v) is 1.74. The summed E-state index contributed by atoms with van der Waals surface area (Å²) in [7, 11) is 0. The predicted octanol–water partition coefficient (Wildman–Crippen LogP) is 3.53. The molecule has 0 aliphatic carbocycles. The molecule has 1 amide bonds. The van der Waals surface area contributed by atoms with Crippen LogP contribution in [0.4, 0.5) is 18.9 Å². The molecule has 0 saturated carbocycles. The van der Waals surface area contributed by atoms with Gasteiger partial charge in [0.15, 0.2) is 6.39 Å². The van der Waals surface area contributed by atoms with Crippen molar-refractivity contribution in [1.82, 2.24) is 4.98 Å². The minimum Gasteiger partial charge on any atom is -0.451 e. The highest BCUT2D eigenvalue weighted by Crippen LogP contribution is 2.36. The van der Waals surface area contributed by atoms with Crippen LogP contribution in [0.5, 0.6) is 0 Å². The van der Waals surface area contributed by atoms with Crippen LogP contribution < -0.4 is 5.32 Å². The zero-order valence-corrected chi connectivity index (χ0v) is 10.6. The molecule has 0 saturated heterocycles. The molecule has 0 aliphatic rings. The zero-order chi connectivity index (χ0) is 14.8. The van der Waals surface area contributed by atoms with Crippen molar-refractivity contribution < 1.29 is 22.4 Å². The number of hydrogen-bond acceptors (Lipinski definition) is 3. The maximum absolute atomic E-state index is 12.7. The van der Waals surface area contributed by atoms with E-state index in [1.54, 1.807) is 0 Å². The minimum absolute atomic E-state index is 0.00946. The summed E-state index contributed by atoms with van der Waals surface area (Å²) < 4.78 is 42.6. The second kappa shape index (κ2) is 5.54. The van der Waals surface area contributed by atoms with Gasteiger partial charge in [0.2, 0.25) is 5.91 Å². The standard InChI is InChI=1S/C12H8ClF3N2O2/c13-10-2-1-7(3-9(10)12(14,15)16)18-11(19)4-8-5-20-6-17-8/h1-3,5-6H,4H2,(H,18,19). The predicted molar refractivity (Wildman–Crippen MR) is 65.3 cm³/mol. The van der Waals surface area contributed by atoms with Crippen molar-refractivity contribution in [2.24, 2.45) is 0 Å². The molecule has 2 rings (SSSR count). The molecule has 0 bridgehead atoms. The number of nitrogens with one attached hydrogen (secondary N) is 1. The number of anilines is 1. The molecule has 0 aliphatic heterocycles. The zero-order valence-electron chi connectivity index (χ0n) is 9.87. The van der Waals surface area contributed by atoms with E-state index in [2.05, 4.69) is 14.7 Å². The molecular weight excluding hydrogens is 297 g/mol. The second-order valence-corrected chi connectivity index (χ2v) is 4.30. The first-order valence-electron chi connectivity index (χ1n) is 5.40. The van der Waals surface area contributed by atoms with Gasteiger partial charge in [0.25, 0.3) is 0 Å². The quantitative estimate of drug-likeness (QED) is 0.944. The molecular formula is C12H8ClF3N2O2. The number of oxazole rings is 1. The first kappa shape index (κ1) is 14.4. The lowest BCUT2D eigenvalue weighted by molar-refractivity contribution is -0.137. The average molecular weight is 305 g/mol. The van der Waals surface area contributed by atoms with Gasteiger partial charge in [-0.1, -0.05) is 11.6 Å². The monoisotopic (exact) mass is 304 g/mol. The number of carbonyl (C=O) groups excluding carboxylic acids is 1. The molecule has 4 nitrogen and oxygen atoms in total. The van der Waals surface area contributed by atoms with Crippen molar-refractivity contribution in [3.63, 3.8) is 0 Å². The van der Waals surface area contributed by atoms with E-state index in [1.807, 2.05) is 0 Å². The van der Waals surface area contributed by atoms with Crippen LogP contribution in [0.2, 0.25) is 5.02 Å². The molecule has 1 aromatic heterocycles. The summed E-state index contributed by atoms with van der Waals surface area (Å²) in [6.45, 7) is 0. The first-order valence-corrected chi connectivity index (χ1v) is 5.78. The Balaban J connectivity index is 2.12. The lowest BCUT2D eigenvalue weighted by atomic mass is 10.2. The summed E-state index contributed by atoms with van der Waals surface area (Å²) in [5.41, 5.74) is -0.610. The van der Waals surface area contributed by atoms with E-state index in [0.717, 1.165) is 18.5 Å². The molecule has 0 fully saturated rings. The van der Waals surface area contributed by atoms with Crippen molar-refractivity contribution in [3.05, 3.63) is 47.1 Å². The maximum Gasteiger partial charge on any atom is 0.417 e. The molecule has 20 heavy (non-hydrogen) atoms. The summed E-state index contributed by atoms with van der Waals surface area (Å²) in [4.78, 5) is 15.4. The highest BCUT2D eigenvalue weighted by atomic mass is 35.5. The van der Waals surface area contributed by atoms with Crippen LogP contribution >= 0.6 is 11.6 Å². The third-order valence-electron chi connectivity index (χ3n) is 2.38. The molecule has 0 atom stereocenters. The van der Waals surface area contributed by atoms with Crippen molar-refractivity contribution in [2.75, 3.05) is 5.32 Å². The highest BCUT2D eigenvalue weighted by Gasteiger charge is 2.33. The first-order chi connectivity index (χ1) is 9.36. The highest BCUT2D eigenvalue weighted by molar-refractivity contribution is 6.31. The molecule has 1 N–H and O–H groups in total. The molecule has 2 aromatic rings. The molecule has 0 spiro atoms. The normalized spacial score (nSPS) is 11.4. The number of amides is 1. The fraction of sp³-hybridized carbons (Fsp3) is 0.167. The Morgan fingerprint density at radius 2 is 2.15 bits per heavy atom.